The lowest BCUT2D eigenvalue weighted by Gasteiger charge is -2.07. The summed E-state index contributed by atoms with van der Waals surface area (Å²) in [7, 11) is -3.32. The number of hydrogen-bond acceptors (Lipinski definition) is 3. The molecule has 0 unspecified atom stereocenters. The molecular formula is C16H20N2O2S. The van der Waals surface area contributed by atoms with Crippen LogP contribution in [0.5, 0.6) is 0 Å². The second kappa shape index (κ2) is 7.36. The minimum atomic E-state index is -3.32. The van der Waals surface area contributed by atoms with Crippen LogP contribution in [0.4, 0.5) is 0 Å². The van der Waals surface area contributed by atoms with E-state index in [1.165, 1.54) is 0 Å². The van der Waals surface area contributed by atoms with Crippen LogP contribution < -0.4 is 10.5 Å². The average molecular weight is 304 g/mol. The molecule has 0 aliphatic rings. The summed E-state index contributed by atoms with van der Waals surface area (Å²) >= 11 is 0. The Morgan fingerprint density at radius 2 is 1.48 bits per heavy atom. The van der Waals surface area contributed by atoms with Crippen molar-refractivity contribution in [3.63, 3.8) is 0 Å². The highest BCUT2D eigenvalue weighted by atomic mass is 32.2. The predicted octanol–water partition coefficient (Wildman–Crippen LogP) is 1.81. The third-order valence-electron chi connectivity index (χ3n) is 3.15. The molecule has 0 atom stereocenters. The molecule has 0 radical (unpaired) electrons. The number of rotatable bonds is 7. The van der Waals surface area contributed by atoms with Gasteiger partial charge >= 0.3 is 0 Å². The van der Waals surface area contributed by atoms with Gasteiger partial charge in [-0.05, 0) is 29.7 Å². The summed E-state index contributed by atoms with van der Waals surface area (Å²) in [5, 5.41) is 0. The van der Waals surface area contributed by atoms with E-state index in [0.29, 0.717) is 13.1 Å². The standard InChI is InChI=1S/C16H20N2O2S/c17-11-10-14-6-8-15(9-7-14)12-18-21(19,20)13-16-4-2-1-3-5-16/h1-9,18H,10-13,17H2. The number of nitrogens with two attached hydrogens (primary N) is 1. The van der Waals surface area contributed by atoms with Gasteiger partial charge in [0.25, 0.3) is 0 Å². The lowest BCUT2D eigenvalue weighted by Crippen LogP contribution is -2.24. The maximum Gasteiger partial charge on any atom is 0.216 e. The van der Waals surface area contributed by atoms with Crippen molar-refractivity contribution in [1.82, 2.24) is 4.72 Å². The van der Waals surface area contributed by atoms with E-state index in [1.54, 1.807) is 12.1 Å². The highest BCUT2D eigenvalue weighted by Crippen LogP contribution is 2.07. The normalized spacial score (nSPS) is 11.5. The van der Waals surface area contributed by atoms with Gasteiger partial charge in [-0.3, -0.25) is 0 Å². The van der Waals surface area contributed by atoms with Gasteiger partial charge in [0.05, 0.1) is 5.75 Å². The van der Waals surface area contributed by atoms with Gasteiger partial charge in [-0.15, -0.1) is 0 Å². The van der Waals surface area contributed by atoms with E-state index in [9.17, 15) is 8.42 Å². The highest BCUT2D eigenvalue weighted by Gasteiger charge is 2.10. The highest BCUT2D eigenvalue weighted by molar-refractivity contribution is 7.88. The first-order chi connectivity index (χ1) is 10.1. The number of sulfonamides is 1. The molecule has 0 bridgehead atoms. The van der Waals surface area contributed by atoms with E-state index in [1.807, 2.05) is 42.5 Å². The van der Waals surface area contributed by atoms with Crippen molar-refractivity contribution in [1.29, 1.82) is 0 Å². The molecule has 2 aromatic carbocycles. The second-order valence-corrected chi connectivity index (χ2v) is 6.73. The van der Waals surface area contributed by atoms with Crippen molar-refractivity contribution in [2.24, 2.45) is 5.73 Å². The summed E-state index contributed by atoms with van der Waals surface area (Å²) in [4.78, 5) is 0. The minimum Gasteiger partial charge on any atom is -0.330 e. The van der Waals surface area contributed by atoms with Crippen LogP contribution in [0.25, 0.3) is 0 Å². The lowest BCUT2D eigenvalue weighted by atomic mass is 10.1. The zero-order chi connectivity index (χ0) is 15.1. The third-order valence-corrected chi connectivity index (χ3v) is 4.45. The maximum absolute atomic E-state index is 12.0. The van der Waals surface area contributed by atoms with E-state index < -0.39 is 10.0 Å². The van der Waals surface area contributed by atoms with Crippen molar-refractivity contribution >= 4 is 10.0 Å². The van der Waals surface area contributed by atoms with E-state index in [0.717, 1.165) is 23.1 Å². The first-order valence-electron chi connectivity index (χ1n) is 6.88. The summed E-state index contributed by atoms with van der Waals surface area (Å²) in [6.45, 7) is 0.918. The Bertz CT molecular complexity index is 652. The third kappa shape index (κ3) is 5.30. The van der Waals surface area contributed by atoms with Gasteiger partial charge < -0.3 is 5.73 Å². The van der Waals surface area contributed by atoms with E-state index in [2.05, 4.69) is 4.72 Å². The molecule has 0 spiro atoms. The van der Waals surface area contributed by atoms with Crippen molar-refractivity contribution in [2.45, 2.75) is 18.7 Å². The zero-order valence-electron chi connectivity index (χ0n) is 11.8. The molecule has 21 heavy (non-hydrogen) atoms. The Balaban J connectivity index is 1.92. The Morgan fingerprint density at radius 3 is 2.10 bits per heavy atom. The predicted molar refractivity (Wildman–Crippen MR) is 85.1 cm³/mol. The zero-order valence-corrected chi connectivity index (χ0v) is 12.6. The fraction of sp³-hybridized carbons (Fsp3) is 0.250. The maximum atomic E-state index is 12.0. The van der Waals surface area contributed by atoms with Crippen LogP contribution in [0.15, 0.2) is 54.6 Å². The largest absolute Gasteiger partial charge is 0.330 e. The summed E-state index contributed by atoms with van der Waals surface area (Å²) in [6.07, 6.45) is 0.833. The van der Waals surface area contributed by atoms with Gasteiger partial charge in [0, 0.05) is 6.54 Å². The molecule has 0 aliphatic carbocycles. The summed E-state index contributed by atoms with van der Waals surface area (Å²) in [5.41, 5.74) is 8.37. The molecule has 112 valence electrons. The molecule has 0 fully saturated rings. The number of benzene rings is 2. The molecule has 2 rings (SSSR count). The van der Waals surface area contributed by atoms with Crippen LogP contribution in [-0.2, 0) is 28.7 Å². The quantitative estimate of drug-likeness (QED) is 0.819. The fourth-order valence-electron chi connectivity index (χ4n) is 2.03. The summed E-state index contributed by atoms with van der Waals surface area (Å²) in [5.74, 6) is -0.000896. The molecule has 2 aromatic rings. The lowest BCUT2D eigenvalue weighted by molar-refractivity contribution is 0.580. The molecular weight excluding hydrogens is 284 g/mol. The number of nitrogens with one attached hydrogen (secondary N) is 1. The van der Waals surface area contributed by atoms with Gasteiger partial charge in [0.15, 0.2) is 0 Å². The smallest absolute Gasteiger partial charge is 0.216 e. The van der Waals surface area contributed by atoms with Crippen LogP contribution >= 0.6 is 0 Å². The SMILES string of the molecule is NCCc1ccc(CNS(=O)(=O)Cc2ccccc2)cc1. The molecule has 0 saturated heterocycles. The van der Waals surface area contributed by atoms with E-state index >= 15 is 0 Å². The van der Waals surface area contributed by atoms with Crippen LogP contribution in [0, 0.1) is 0 Å². The monoisotopic (exact) mass is 304 g/mol. The molecule has 5 heteroatoms. The van der Waals surface area contributed by atoms with E-state index in [4.69, 9.17) is 5.73 Å². The molecule has 4 nitrogen and oxygen atoms in total. The Hall–Kier alpha value is -1.69. The van der Waals surface area contributed by atoms with E-state index in [-0.39, 0.29) is 5.75 Å². The van der Waals surface area contributed by atoms with Gasteiger partial charge in [0.1, 0.15) is 0 Å². The van der Waals surface area contributed by atoms with Crippen LogP contribution in [0.3, 0.4) is 0 Å². The minimum absolute atomic E-state index is 0.000896. The van der Waals surface area contributed by atoms with Crippen molar-refractivity contribution in [3.8, 4) is 0 Å². The molecule has 0 aliphatic heterocycles. The summed E-state index contributed by atoms with van der Waals surface area (Å²) in [6, 6.07) is 17.0. The van der Waals surface area contributed by atoms with Crippen molar-refractivity contribution < 1.29 is 8.42 Å². The van der Waals surface area contributed by atoms with Gasteiger partial charge in [-0.2, -0.15) is 0 Å². The molecule has 3 N–H and O–H groups in total. The summed E-state index contributed by atoms with van der Waals surface area (Å²) < 4.78 is 26.7. The van der Waals surface area contributed by atoms with Crippen LogP contribution in [0.1, 0.15) is 16.7 Å². The van der Waals surface area contributed by atoms with Gasteiger partial charge in [-0.25, -0.2) is 13.1 Å². The van der Waals surface area contributed by atoms with Crippen LogP contribution in [0.2, 0.25) is 0 Å². The van der Waals surface area contributed by atoms with Gasteiger partial charge in [0.2, 0.25) is 10.0 Å². The average Bonchev–Trinajstić information content (AvgIpc) is 2.48. The second-order valence-electron chi connectivity index (χ2n) is 4.92. The molecule has 0 aromatic heterocycles. The van der Waals surface area contributed by atoms with Crippen LogP contribution in [-0.4, -0.2) is 15.0 Å². The Morgan fingerprint density at radius 1 is 0.857 bits per heavy atom. The van der Waals surface area contributed by atoms with Crippen molar-refractivity contribution in [3.05, 3.63) is 71.3 Å². The Kier molecular flexibility index (Phi) is 5.50. The Labute approximate surface area is 126 Å². The fourth-order valence-corrected chi connectivity index (χ4v) is 3.15. The topological polar surface area (TPSA) is 72.2 Å². The molecule has 0 amide bonds. The van der Waals surface area contributed by atoms with Gasteiger partial charge in [-0.1, -0.05) is 54.6 Å². The number of hydrogen-bond donors (Lipinski definition) is 2. The van der Waals surface area contributed by atoms with Crippen molar-refractivity contribution in [2.75, 3.05) is 6.54 Å². The first kappa shape index (κ1) is 15.7. The molecule has 0 heterocycles. The molecule has 0 saturated carbocycles. The first-order valence-corrected chi connectivity index (χ1v) is 8.53.